The molecule has 3 rings (SSSR count). The second-order valence-corrected chi connectivity index (χ2v) is 7.41. The number of nitrogens with zero attached hydrogens (tertiary/aromatic N) is 1. The van der Waals surface area contributed by atoms with Gasteiger partial charge in [0.05, 0.1) is 0 Å². The molecule has 4 nitrogen and oxygen atoms in total. The summed E-state index contributed by atoms with van der Waals surface area (Å²) in [7, 11) is 0. The van der Waals surface area contributed by atoms with Crippen molar-refractivity contribution in [3.63, 3.8) is 0 Å². The number of aryl methyl sites for hydroxylation is 3. The van der Waals surface area contributed by atoms with Gasteiger partial charge in [-0.2, -0.15) is 0 Å². The van der Waals surface area contributed by atoms with Gasteiger partial charge in [0, 0.05) is 32.2 Å². The molecule has 1 atom stereocenters. The maximum Gasteiger partial charge on any atom is 0.315 e. The maximum atomic E-state index is 12.3. The minimum absolute atomic E-state index is 0.0732. The van der Waals surface area contributed by atoms with Crippen LogP contribution in [0.3, 0.4) is 0 Å². The Balaban J connectivity index is 1.46. The molecule has 1 unspecified atom stereocenters. The second kappa shape index (κ2) is 8.37. The van der Waals surface area contributed by atoms with Crippen LogP contribution >= 0.6 is 0 Å². The fourth-order valence-corrected chi connectivity index (χ4v) is 3.83. The van der Waals surface area contributed by atoms with Gasteiger partial charge in [-0.05, 0) is 49.4 Å². The predicted molar refractivity (Wildman–Crippen MR) is 106 cm³/mol. The molecule has 0 aromatic heterocycles. The van der Waals surface area contributed by atoms with Gasteiger partial charge < -0.3 is 10.6 Å². The molecular weight excluding hydrogens is 322 g/mol. The van der Waals surface area contributed by atoms with Gasteiger partial charge in [-0.3, -0.25) is 4.90 Å². The number of amides is 2. The first-order valence-corrected chi connectivity index (χ1v) is 9.38. The molecule has 0 saturated carbocycles. The molecule has 1 fully saturated rings. The highest BCUT2D eigenvalue weighted by atomic mass is 16.2. The molecule has 2 aromatic rings. The number of carbonyl (C=O) groups is 1. The second-order valence-electron chi connectivity index (χ2n) is 7.41. The zero-order valence-electron chi connectivity index (χ0n) is 16.0. The van der Waals surface area contributed by atoms with Crippen LogP contribution in [0.25, 0.3) is 0 Å². The van der Waals surface area contributed by atoms with Crippen molar-refractivity contribution in [3.05, 3.63) is 70.3 Å². The van der Waals surface area contributed by atoms with Crippen molar-refractivity contribution >= 4 is 6.03 Å². The first-order chi connectivity index (χ1) is 12.5. The summed E-state index contributed by atoms with van der Waals surface area (Å²) in [5, 5.41) is 6.15. The molecule has 138 valence electrons. The van der Waals surface area contributed by atoms with Crippen molar-refractivity contribution in [1.82, 2.24) is 15.5 Å². The molecule has 2 N–H and O–H groups in total. The lowest BCUT2D eigenvalue weighted by atomic mass is 10.00. The quantitative estimate of drug-likeness (QED) is 0.863. The monoisotopic (exact) mass is 351 g/mol. The number of hydrogen-bond donors (Lipinski definition) is 2. The minimum Gasteiger partial charge on any atom is -0.334 e. The van der Waals surface area contributed by atoms with Gasteiger partial charge in [0.15, 0.2) is 0 Å². The van der Waals surface area contributed by atoms with Crippen LogP contribution in [-0.2, 0) is 13.1 Å². The van der Waals surface area contributed by atoms with E-state index in [0.717, 1.165) is 26.1 Å². The largest absolute Gasteiger partial charge is 0.334 e. The summed E-state index contributed by atoms with van der Waals surface area (Å²) in [5.41, 5.74) is 6.26. The molecule has 1 saturated heterocycles. The fraction of sp³-hybridized carbons (Fsp3) is 0.409. The van der Waals surface area contributed by atoms with Crippen molar-refractivity contribution in [1.29, 1.82) is 0 Å². The van der Waals surface area contributed by atoms with Crippen molar-refractivity contribution in [3.8, 4) is 0 Å². The van der Waals surface area contributed by atoms with Gasteiger partial charge in [-0.15, -0.1) is 0 Å². The average Bonchev–Trinajstić information content (AvgIpc) is 3.01. The van der Waals surface area contributed by atoms with E-state index in [-0.39, 0.29) is 12.1 Å². The van der Waals surface area contributed by atoms with Crippen LogP contribution in [0.5, 0.6) is 0 Å². The Kier molecular flexibility index (Phi) is 5.94. The van der Waals surface area contributed by atoms with Gasteiger partial charge in [0.1, 0.15) is 0 Å². The van der Waals surface area contributed by atoms with Crippen LogP contribution < -0.4 is 10.6 Å². The predicted octanol–water partition coefficient (Wildman–Crippen LogP) is 3.69. The summed E-state index contributed by atoms with van der Waals surface area (Å²) in [6, 6.07) is 15.0. The van der Waals surface area contributed by atoms with Crippen molar-refractivity contribution in [2.24, 2.45) is 0 Å². The number of likely N-dealkylation sites (tertiary alicyclic amines) is 1. The lowest BCUT2D eigenvalue weighted by Crippen LogP contribution is -2.43. The highest BCUT2D eigenvalue weighted by Gasteiger charge is 2.23. The lowest BCUT2D eigenvalue weighted by molar-refractivity contribution is 0.235. The zero-order chi connectivity index (χ0) is 18.5. The molecule has 4 heteroatoms. The molecule has 1 aliphatic rings. The molecule has 0 bridgehead atoms. The molecule has 0 aliphatic carbocycles. The number of hydrogen-bond acceptors (Lipinski definition) is 2. The van der Waals surface area contributed by atoms with E-state index >= 15 is 0 Å². The molecule has 2 amide bonds. The summed E-state index contributed by atoms with van der Waals surface area (Å²) >= 11 is 0. The Labute approximate surface area is 156 Å². The molecule has 1 heterocycles. The average molecular weight is 351 g/mol. The van der Waals surface area contributed by atoms with Crippen molar-refractivity contribution < 1.29 is 4.79 Å². The van der Waals surface area contributed by atoms with E-state index in [9.17, 15) is 4.79 Å². The Bertz CT molecular complexity index is 734. The highest BCUT2D eigenvalue weighted by molar-refractivity contribution is 5.74. The SMILES string of the molecule is Cc1cc(C)c(CNC(=O)NC2CCN(Cc3ccccc3)C2)c(C)c1. The van der Waals surface area contributed by atoms with Crippen LogP contribution in [0.2, 0.25) is 0 Å². The number of nitrogens with one attached hydrogen (secondary N) is 2. The molecule has 26 heavy (non-hydrogen) atoms. The zero-order valence-corrected chi connectivity index (χ0v) is 16.0. The van der Waals surface area contributed by atoms with Crippen molar-refractivity contribution in [2.45, 2.75) is 46.3 Å². The maximum absolute atomic E-state index is 12.3. The van der Waals surface area contributed by atoms with Gasteiger partial charge in [0.2, 0.25) is 0 Å². The van der Waals surface area contributed by atoms with Crippen LogP contribution in [0, 0.1) is 20.8 Å². The summed E-state index contributed by atoms with van der Waals surface area (Å²) in [5.74, 6) is 0. The number of benzene rings is 2. The van der Waals surface area contributed by atoms with E-state index in [1.807, 2.05) is 6.07 Å². The topological polar surface area (TPSA) is 44.4 Å². The Morgan fingerprint density at radius 1 is 1.12 bits per heavy atom. The van der Waals surface area contributed by atoms with Crippen LogP contribution in [0.1, 0.15) is 34.2 Å². The van der Waals surface area contributed by atoms with E-state index in [2.05, 4.69) is 72.7 Å². The van der Waals surface area contributed by atoms with Crippen LogP contribution in [-0.4, -0.2) is 30.1 Å². The fourth-order valence-electron chi connectivity index (χ4n) is 3.83. The lowest BCUT2D eigenvalue weighted by Gasteiger charge is -2.18. The Morgan fingerprint density at radius 2 is 1.81 bits per heavy atom. The number of carbonyl (C=O) groups excluding carboxylic acids is 1. The van der Waals surface area contributed by atoms with E-state index in [4.69, 9.17) is 0 Å². The summed E-state index contributed by atoms with van der Waals surface area (Å²) in [4.78, 5) is 14.7. The van der Waals surface area contributed by atoms with Gasteiger partial charge in [0.25, 0.3) is 0 Å². The normalized spacial score (nSPS) is 17.3. The first-order valence-electron chi connectivity index (χ1n) is 9.38. The molecule has 0 radical (unpaired) electrons. The molecule has 0 spiro atoms. The van der Waals surface area contributed by atoms with Gasteiger partial charge in [-0.1, -0.05) is 48.0 Å². The Morgan fingerprint density at radius 3 is 2.50 bits per heavy atom. The van der Waals surface area contributed by atoms with E-state index in [1.165, 1.54) is 27.8 Å². The van der Waals surface area contributed by atoms with Gasteiger partial charge >= 0.3 is 6.03 Å². The summed E-state index contributed by atoms with van der Waals surface area (Å²) < 4.78 is 0. The van der Waals surface area contributed by atoms with Crippen LogP contribution in [0.4, 0.5) is 4.79 Å². The highest BCUT2D eigenvalue weighted by Crippen LogP contribution is 2.16. The third-order valence-electron chi connectivity index (χ3n) is 5.12. The number of urea groups is 1. The van der Waals surface area contributed by atoms with Crippen molar-refractivity contribution in [2.75, 3.05) is 13.1 Å². The third-order valence-corrected chi connectivity index (χ3v) is 5.12. The minimum atomic E-state index is -0.0732. The molecular formula is C22H29N3O. The molecule has 2 aromatic carbocycles. The Hall–Kier alpha value is -2.33. The summed E-state index contributed by atoms with van der Waals surface area (Å²) in [6.07, 6.45) is 1.00. The van der Waals surface area contributed by atoms with E-state index < -0.39 is 0 Å². The van der Waals surface area contributed by atoms with E-state index in [1.54, 1.807) is 0 Å². The van der Waals surface area contributed by atoms with Gasteiger partial charge in [-0.25, -0.2) is 4.79 Å². The van der Waals surface area contributed by atoms with E-state index in [0.29, 0.717) is 6.54 Å². The summed E-state index contributed by atoms with van der Waals surface area (Å²) in [6.45, 7) is 9.76. The molecule has 1 aliphatic heterocycles. The third kappa shape index (κ3) is 4.85. The smallest absolute Gasteiger partial charge is 0.315 e. The number of rotatable bonds is 5. The first kappa shape index (κ1) is 18.5. The standard InChI is InChI=1S/C22H29N3O/c1-16-11-17(2)21(18(3)12-16)13-23-22(26)24-20-9-10-25(15-20)14-19-7-5-4-6-8-19/h4-8,11-12,20H,9-10,13-15H2,1-3H3,(H2,23,24,26). The van der Waals surface area contributed by atoms with Crippen LogP contribution in [0.15, 0.2) is 42.5 Å².